The molecule has 1 aromatic heterocycles. The van der Waals surface area contributed by atoms with Crippen molar-refractivity contribution in [2.75, 3.05) is 0 Å². The smallest absolute Gasteiger partial charge is 0.271 e. The van der Waals surface area contributed by atoms with Gasteiger partial charge in [-0.05, 0) is 48.5 Å². The van der Waals surface area contributed by atoms with E-state index in [9.17, 15) is 4.79 Å². The van der Waals surface area contributed by atoms with E-state index in [-0.39, 0.29) is 5.91 Å². The quantitative estimate of drug-likeness (QED) is 0.300. The molecule has 26 heavy (non-hydrogen) atoms. The zero-order valence-corrected chi connectivity index (χ0v) is 16.0. The molecule has 3 aromatic rings. The lowest BCUT2D eigenvalue weighted by molar-refractivity contribution is 0.0955. The van der Waals surface area contributed by atoms with Gasteiger partial charge >= 0.3 is 0 Å². The fraction of sp³-hybridized carbons (Fsp3) is 0. The summed E-state index contributed by atoms with van der Waals surface area (Å²) in [6.07, 6.45) is 1.38. The Morgan fingerprint density at radius 2 is 1.62 bits per heavy atom. The van der Waals surface area contributed by atoms with E-state index in [1.165, 1.54) is 6.21 Å². The second-order valence-corrected chi connectivity index (χ2v) is 6.81. The van der Waals surface area contributed by atoms with Crippen molar-refractivity contribution in [1.29, 1.82) is 0 Å². The number of rotatable bonds is 4. The summed E-state index contributed by atoms with van der Waals surface area (Å²) in [6.45, 7) is 0. The van der Waals surface area contributed by atoms with Gasteiger partial charge in [0.15, 0.2) is 0 Å². The highest BCUT2D eigenvalue weighted by molar-refractivity contribution is 6.44. The molecule has 2 aromatic carbocycles. The van der Waals surface area contributed by atoms with Crippen LogP contribution in [0.4, 0.5) is 0 Å². The van der Waals surface area contributed by atoms with Crippen LogP contribution in [-0.2, 0) is 0 Å². The van der Waals surface area contributed by atoms with E-state index in [1.54, 1.807) is 48.5 Å². The Labute approximate surface area is 169 Å². The third kappa shape index (κ3) is 4.40. The summed E-state index contributed by atoms with van der Waals surface area (Å²) in [5, 5.41) is 5.56. The fourth-order valence-corrected chi connectivity index (χ4v) is 2.86. The average molecular weight is 428 g/mol. The van der Waals surface area contributed by atoms with E-state index in [2.05, 4.69) is 10.5 Å². The maximum absolute atomic E-state index is 11.9. The van der Waals surface area contributed by atoms with Crippen LogP contribution >= 0.6 is 46.4 Å². The number of halogens is 4. The van der Waals surface area contributed by atoms with Gasteiger partial charge in [-0.25, -0.2) is 5.43 Å². The van der Waals surface area contributed by atoms with Gasteiger partial charge in [0.1, 0.15) is 11.5 Å². The molecular weight excluding hydrogens is 418 g/mol. The highest BCUT2D eigenvalue weighted by Gasteiger charge is 2.11. The molecule has 0 fully saturated rings. The molecule has 0 spiro atoms. The van der Waals surface area contributed by atoms with Gasteiger partial charge in [0.2, 0.25) is 0 Å². The Kier molecular flexibility index (Phi) is 5.89. The lowest BCUT2D eigenvalue weighted by Gasteiger charge is -2.03. The Morgan fingerprint density at radius 1 is 0.923 bits per heavy atom. The number of hydrogen-bond acceptors (Lipinski definition) is 3. The summed E-state index contributed by atoms with van der Waals surface area (Å²) < 4.78 is 5.64. The van der Waals surface area contributed by atoms with E-state index in [0.29, 0.717) is 42.7 Å². The Balaban J connectivity index is 1.70. The SMILES string of the molecule is O=C(NN=Cc1ccc(-c2cc(Cl)c(Cl)cc2Cl)o1)c1ccc(Cl)cc1. The minimum atomic E-state index is -0.364. The van der Waals surface area contributed by atoms with Crippen LogP contribution in [0.25, 0.3) is 11.3 Å². The van der Waals surface area contributed by atoms with Crippen LogP contribution in [0.1, 0.15) is 16.1 Å². The number of benzene rings is 2. The first-order chi connectivity index (χ1) is 12.4. The van der Waals surface area contributed by atoms with Gasteiger partial charge in [-0.3, -0.25) is 4.79 Å². The number of nitrogens with zero attached hydrogens (tertiary/aromatic N) is 1. The molecule has 0 saturated carbocycles. The Hall–Kier alpha value is -1.98. The molecular formula is C18H10Cl4N2O2. The molecule has 1 heterocycles. The van der Waals surface area contributed by atoms with Crippen molar-refractivity contribution in [3.05, 3.63) is 79.9 Å². The first-order valence-electron chi connectivity index (χ1n) is 7.28. The molecule has 1 amide bonds. The maximum atomic E-state index is 11.9. The number of carbonyl (C=O) groups is 1. The van der Waals surface area contributed by atoms with Crippen molar-refractivity contribution in [3.8, 4) is 11.3 Å². The molecule has 0 atom stereocenters. The summed E-state index contributed by atoms with van der Waals surface area (Å²) in [5.74, 6) is 0.565. The maximum Gasteiger partial charge on any atom is 0.271 e. The van der Waals surface area contributed by atoms with Crippen molar-refractivity contribution in [2.45, 2.75) is 0 Å². The predicted molar refractivity (Wildman–Crippen MR) is 106 cm³/mol. The van der Waals surface area contributed by atoms with Crippen LogP contribution in [0.3, 0.4) is 0 Å². The highest BCUT2D eigenvalue weighted by Crippen LogP contribution is 2.35. The number of nitrogens with one attached hydrogen (secondary N) is 1. The third-order valence-electron chi connectivity index (χ3n) is 3.37. The zero-order chi connectivity index (χ0) is 18.7. The third-order valence-corrected chi connectivity index (χ3v) is 4.65. The highest BCUT2D eigenvalue weighted by atomic mass is 35.5. The van der Waals surface area contributed by atoms with Crippen LogP contribution in [0.15, 0.2) is 58.0 Å². The van der Waals surface area contributed by atoms with Gasteiger partial charge in [0.25, 0.3) is 5.91 Å². The molecule has 1 N–H and O–H groups in total. The second kappa shape index (κ2) is 8.14. The van der Waals surface area contributed by atoms with Crippen molar-refractivity contribution in [2.24, 2.45) is 5.10 Å². The average Bonchev–Trinajstić information content (AvgIpc) is 3.07. The van der Waals surface area contributed by atoms with E-state index in [1.807, 2.05) is 0 Å². The summed E-state index contributed by atoms with van der Waals surface area (Å²) >= 11 is 23.9. The van der Waals surface area contributed by atoms with Gasteiger partial charge in [0.05, 0.1) is 21.3 Å². The second-order valence-electron chi connectivity index (χ2n) is 5.15. The normalized spacial score (nSPS) is 11.1. The predicted octanol–water partition coefficient (Wildman–Crippen LogP) is 6.32. The summed E-state index contributed by atoms with van der Waals surface area (Å²) in [5.41, 5.74) is 3.45. The summed E-state index contributed by atoms with van der Waals surface area (Å²) in [7, 11) is 0. The summed E-state index contributed by atoms with van der Waals surface area (Å²) in [6, 6.07) is 13.0. The first-order valence-corrected chi connectivity index (χ1v) is 8.79. The van der Waals surface area contributed by atoms with Gasteiger partial charge in [-0.15, -0.1) is 0 Å². The zero-order valence-electron chi connectivity index (χ0n) is 13.0. The monoisotopic (exact) mass is 426 g/mol. The van der Waals surface area contributed by atoms with Gasteiger partial charge < -0.3 is 4.42 Å². The van der Waals surface area contributed by atoms with Crippen LogP contribution in [0, 0.1) is 0 Å². The van der Waals surface area contributed by atoms with Gasteiger partial charge in [0, 0.05) is 16.1 Å². The molecule has 0 bridgehead atoms. The lowest BCUT2D eigenvalue weighted by Crippen LogP contribution is -2.17. The van der Waals surface area contributed by atoms with E-state index < -0.39 is 0 Å². The van der Waals surface area contributed by atoms with Crippen molar-refractivity contribution < 1.29 is 9.21 Å². The van der Waals surface area contributed by atoms with E-state index in [0.717, 1.165) is 0 Å². The standard InChI is InChI=1S/C18H10Cl4N2O2/c19-11-3-1-10(2-4-11)18(25)24-23-9-12-5-6-17(26-12)13-7-15(21)16(22)8-14(13)20/h1-9H,(H,24,25). The minimum Gasteiger partial charge on any atom is -0.455 e. The molecule has 0 unspecified atom stereocenters. The number of furan rings is 1. The van der Waals surface area contributed by atoms with E-state index >= 15 is 0 Å². The van der Waals surface area contributed by atoms with Crippen molar-refractivity contribution >= 4 is 58.5 Å². The molecule has 0 aliphatic rings. The molecule has 4 nitrogen and oxygen atoms in total. The Morgan fingerprint density at radius 3 is 2.35 bits per heavy atom. The molecule has 0 aliphatic carbocycles. The number of amides is 1. The van der Waals surface area contributed by atoms with Crippen LogP contribution in [0.5, 0.6) is 0 Å². The molecule has 0 radical (unpaired) electrons. The molecule has 3 rings (SSSR count). The topological polar surface area (TPSA) is 54.6 Å². The van der Waals surface area contributed by atoms with Crippen molar-refractivity contribution in [1.82, 2.24) is 5.43 Å². The molecule has 0 saturated heterocycles. The molecule has 0 aliphatic heterocycles. The summed E-state index contributed by atoms with van der Waals surface area (Å²) in [4.78, 5) is 11.9. The molecule has 8 heteroatoms. The van der Waals surface area contributed by atoms with Crippen LogP contribution < -0.4 is 5.43 Å². The minimum absolute atomic E-state index is 0.360. The fourth-order valence-electron chi connectivity index (χ4n) is 2.10. The van der Waals surface area contributed by atoms with Gasteiger partial charge in [-0.1, -0.05) is 46.4 Å². The van der Waals surface area contributed by atoms with Gasteiger partial charge in [-0.2, -0.15) is 5.10 Å². The first kappa shape index (κ1) is 18.8. The Bertz CT molecular complexity index is 981. The largest absolute Gasteiger partial charge is 0.455 e. The van der Waals surface area contributed by atoms with Crippen LogP contribution in [-0.4, -0.2) is 12.1 Å². The lowest BCUT2D eigenvalue weighted by atomic mass is 10.2. The van der Waals surface area contributed by atoms with E-state index in [4.69, 9.17) is 50.8 Å². The number of hydrazone groups is 1. The number of carbonyl (C=O) groups excluding carboxylic acids is 1. The molecule has 132 valence electrons. The van der Waals surface area contributed by atoms with Crippen molar-refractivity contribution in [3.63, 3.8) is 0 Å². The van der Waals surface area contributed by atoms with Crippen LogP contribution in [0.2, 0.25) is 20.1 Å². The number of hydrogen-bond donors (Lipinski definition) is 1.